The van der Waals surface area contributed by atoms with Gasteiger partial charge >= 0.3 is 108 Å². The molecule has 0 radical (unpaired) electrons. The van der Waals surface area contributed by atoms with E-state index in [1.807, 2.05) is 12.1 Å². The molecule has 0 aromatic heterocycles. The molecule has 17 heavy (non-hydrogen) atoms. The number of hydrogen-bond acceptors (Lipinski definition) is 1. The fourth-order valence-corrected chi connectivity index (χ4v) is 6.45. The number of nitrogens with two attached hydrogens (primary N) is 1. The van der Waals surface area contributed by atoms with E-state index in [4.69, 9.17) is 5.73 Å². The number of aryl methyl sites for hydroxylation is 1. The molecule has 0 amide bonds. The van der Waals surface area contributed by atoms with Crippen LogP contribution in [0, 0.1) is 6.92 Å². The zero-order valence-corrected chi connectivity index (χ0v) is 12.2. The number of para-hydroxylation sites is 1. The molecule has 0 heterocycles. The maximum atomic E-state index is 6.10. The van der Waals surface area contributed by atoms with E-state index in [2.05, 4.69) is 50.2 Å². The Morgan fingerprint density at radius 2 is 1.65 bits per heavy atom. The molecule has 0 bridgehead atoms. The van der Waals surface area contributed by atoms with Crippen LogP contribution in [0.1, 0.15) is 12.5 Å². The normalized spacial score (nSPS) is 12.4. The second kappa shape index (κ2) is 5.42. The third-order valence-electron chi connectivity index (χ3n) is 2.89. The summed E-state index contributed by atoms with van der Waals surface area (Å²) in [6.07, 6.45) is 0. The summed E-state index contributed by atoms with van der Waals surface area (Å²) in [5, 5.41) is 1.21. The zero-order valence-electron chi connectivity index (χ0n) is 10.4. The van der Waals surface area contributed by atoms with Gasteiger partial charge in [-0.2, -0.15) is 0 Å². The van der Waals surface area contributed by atoms with Crippen LogP contribution in [0.25, 0.3) is 0 Å². The molecule has 2 aromatic carbocycles. The average molecular weight is 287 g/mol. The maximum absolute atomic E-state index is 6.10. The number of nitrogen functional groups attached to an aromatic ring is 1. The summed E-state index contributed by atoms with van der Waals surface area (Å²) in [5.74, 6) is 0. The van der Waals surface area contributed by atoms with Crippen molar-refractivity contribution in [3.05, 3.63) is 54.1 Å². The van der Waals surface area contributed by atoms with Crippen molar-refractivity contribution in [3.63, 3.8) is 0 Å². The molecule has 0 saturated heterocycles. The van der Waals surface area contributed by atoms with Crippen LogP contribution in [0.5, 0.6) is 0 Å². The first-order chi connectivity index (χ1) is 8.22. The SMILES string of the molecule is CC[As](c1ccc(C)cc1)c1ccccc1N. The molecule has 0 aliphatic heterocycles. The van der Waals surface area contributed by atoms with Crippen molar-refractivity contribution in [3.8, 4) is 0 Å². The predicted octanol–water partition coefficient (Wildman–Crippen LogP) is 2.21. The number of benzene rings is 2. The Labute approximate surface area is 108 Å². The van der Waals surface area contributed by atoms with Crippen LogP contribution in [0.3, 0.4) is 0 Å². The Kier molecular flexibility index (Phi) is 3.91. The van der Waals surface area contributed by atoms with Gasteiger partial charge in [-0.25, -0.2) is 0 Å². The van der Waals surface area contributed by atoms with Crippen molar-refractivity contribution in [2.45, 2.75) is 19.1 Å². The molecule has 88 valence electrons. The Hall–Kier alpha value is -1.20. The van der Waals surface area contributed by atoms with Gasteiger partial charge < -0.3 is 0 Å². The van der Waals surface area contributed by atoms with Gasteiger partial charge in [-0.05, 0) is 0 Å². The molecule has 2 heteroatoms. The fourth-order valence-electron chi connectivity index (χ4n) is 1.95. The number of hydrogen-bond donors (Lipinski definition) is 1. The monoisotopic (exact) mass is 287 g/mol. The summed E-state index contributed by atoms with van der Waals surface area (Å²) in [7, 11) is 0. The van der Waals surface area contributed by atoms with Gasteiger partial charge in [-0.15, -0.1) is 0 Å². The van der Waals surface area contributed by atoms with Gasteiger partial charge in [0.05, 0.1) is 0 Å². The van der Waals surface area contributed by atoms with Gasteiger partial charge in [0.15, 0.2) is 0 Å². The van der Waals surface area contributed by atoms with Gasteiger partial charge in [0, 0.05) is 0 Å². The van der Waals surface area contributed by atoms with E-state index >= 15 is 0 Å². The summed E-state index contributed by atoms with van der Waals surface area (Å²) in [5.41, 5.74) is 8.37. The van der Waals surface area contributed by atoms with Crippen LogP contribution in [-0.4, -0.2) is 14.7 Å². The molecule has 0 aliphatic carbocycles. The molecule has 1 atom stereocenters. The second-order valence-corrected chi connectivity index (χ2v) is 9.36. The molecule has 0 spiro atoms. The predicted molar refractivity (Wildman–Crippen MR) is 77.5 cm³/mol. The molecule has 0 saturated carbocycles. The van der Waals surface area contributed by atoms with Crippen LogP contribution < -0.4 is 14.4 Å². The average Bonchev–Trinajstić information content (AvgIpc) is 2.35. The van der Waals surface area contributed by atoms with Gasteiger partial charge in [0.25, 0.3) is 0 Å². The van der Waals surface area contributed by atoms with E-state index in [-0.39, 0.29) is 0 Å². The van der Waals surface area contributed by atoms with Crippen molar-refractivity contribution < 1.29 is 0 Å². The van der Waals surface area contributed by atoms with Crippen molar-refractivity contribution in [1.82, 2.24) is 0 Å². The third-order valence-corrected chi connectivity index (χ3v) is 8.22. The van der Waals surface area contributed by atoms with Crippen LogP contribution in [0.2, 0.25) is 5.21 Å². The van der Waals surface area contributed by atoms with Crippen molar-refractivity contribution in [2.75, 3.05) is 5.73 Å². The van der Waals surface area contributed by atoms with Crippen LogP contribution in [-0.2, 0) is 0 Å². The summed E-state index contributed by atoms with van der Waals surface area (Å²) >= 11 is -1.19. The molecule has 0 aliphatic rings. The van der Waals surface area contributed by atoms with Crippen molar-refractivity contribution in [2.24, 2.45) is 0 Å². The summed E-state index contributed by atoms with van der Waals surface area (Å²) < 4.78 is 2.87. The summed E-state index contributed by atoms with van der Waals surface area (Å²) in [4.78, 5) is 0. The number of anilines is 1. The van der Waals surface area contributed by atoms with Gasteiger partial charge in [-0.3, -0.25) is 0 Å². The first-order valence-corrected chi connectivity index (χ1v) is 9.11. The van der Waals surface area contributed by atoms with Gasteiger partial charge in [0.2, 0.25) is 0 Å². The molecular weight excluding hydrogens is 269 g/mol. The van der Waals surface area contributed by atoms with E-state index in [1.165, 1.54) is 19.5 Å². The van der Waals surface area contributed by atoms with Crippen LogP contribution >= 0.6 is 0 Å². The molecular formula is C15H18AsN. The molecule has 0 fully saturated rings. The first kappa shape index (κ1) is 12.3. The topological polar surface area (TPSA) is 26.0 Å². The first-order valence-electron chi connectivity index (χ1n) is 5.91. The van der Waals surface area contributed by atoms with Gasteiger partial charge in [0.1, 0.15) is 0 Å². The molecule has 2 rings (SSSR count). The minimum atomic E-state index is -1.19. The Morgan fingerprint density at radius 3 is 2.24 bits per heavy atom. The summed E-state index contributed by atoms with van der Waals surface area (Å²) in [6, 6.07) is 17.3. The Morgan fingerprint density at radius 1 is 1.00 bits per heavy atom. The van der Waals surface area contributed by atoms with E-state index < -0.39 is 14.7 Å². The van der Waals surface area contributed by atoms with Crippen molar-refractivity contribution in [1.29, 1.82) is 0 Å². The molecule has 2 aromatic rings. The van der Waals surface area contributed by atoms with Gasteiger partial charge in [-0.1, -0.05) is 0 Å². The quantitative estimate of drug-likeness (QED) is 0.680. The molecule has 2 N–H and O–H groups in total. The third kappa shape index (κ3) is 2.73. The molecule has 1 unspecified atom stereocenters. The Bertz CT molecular complexity index is 491. The van der Waals surface area contributed by atoms with Crippen LogP contribution in [0.4, 0.5) is 5.69 Å². The van der Waals surface area contributed by atoms with E-state index in [1.54, 1.807) is 0 Å². The number of rotatable bonds is 3. The zero-order chi connectivity index (χ0) is 12.3. The standard InChI is InChI=1S/C15H18AsN/c1-3-16(13-10-8-12(2)9-11-13)14-6-4-5-7-15(14)17/h4-11H,3,17H2,1-2H3. The fraction of sp³-hybridized carbons (Fsp3) is 0.200. The van der Waals surface area contributed by atoms with E-state index in [0.29, 0.717) is 0 Å². The van der Waals surface area contributed by atoms with E-state index in [9.17, 15) is 0 Å². The molecule has 1 nitrogen and oxygen atoms in total. The van der Waals surface area contributed by atoms with Crippen LogP contribution in [0.15, 0.2) is 48.5 Å². The van der Waals surface area contributed by atoms with E-state index in [0.717, 1.165) is 5.69 Å². The second-order valence-electron chi connectivity index (χ2n) is 4.14. The Balaban J connectivity index is 2.40. The van der Waals surface area contributed by atoms with Crippen molar-refractivity contribution >= 4 is 29.0 Å². The minimum absolute atomic E-state index is 0.954. The summed E-state index contributed by atoms with van der Waals surface area (Å²) in [6.45, 7) is 4.40.